The van der Waals surface area contributed by atoms with Gasteiger partial charge in [0.25, 0.3) is 0 Å². The van der Waals surface area contributed by atoms with Crippen molar-refractivity contribution in [3.8, 4) is 6.07 Å². The fourth-order valence-corrected chi connectivity index (χ4v) is 1.85. The fourth-order valence-electron chi connectivity index (χ4n) is 1.42. The van der Waals surface area contributed by atoms with E-state index < -0.39 is 5.82 Å². The fraction of sp³-hybridized carbons (Fsp3) is 0.250. The van der Waals surface area contributed by atoms with Crippen LogP contribution < -0.4 is 4.90 Å². The summed E-state index contributed by atoms with van der Waals surface area (Å²) in [5, 5.41) is 8.76. The Hall–Kier alpha value is -1.34. The van der Waals surface area contributed by atoms with Crippen molar-refractivity contribution in [2.24, 2.45) is 0 Å². The molecule has 0 heterocycles. The summed E-state index contributed by atoms with van der Waals surface area (Å²) in [6.45, 7) is 6.83. The lowest BCUT2D eigenvalue weighted by Gasteiger charge is -2.22. The first-order valence-electron chi connectivity index (χ1n) is 4.89. The van der Waals surface area contributed by atoms with Gasteiger partial charge in [-0.05, 0) is 35.0 Å². The van der Waals surface area contributed by atoms with Crippen molar-refractivity contribution in [1.82, 2.24) is 0 Å². The van der Waals surface area contributed by atoms with Gasteiger partial charge < -0.3 is 4.90 Å². The van der Waals surface area contributed by atoms with E-state index in [-0.39, 0.29) is 4.47 Å². The summed E-state index contributed by atoms with van der Waals surface area (Å²) in [6.07, 6.45) is 1.72. The monoisotopic (exact) mass is 282 g/mol. The Labute approximate surface area is 103 Å². The van der Waals surface area contributed by atoms with Crippen molar-refractivity contribution < 1.29 is 4.39 Å². The molecule has 1 aromatic carbocycles. The van der Waals surface area contributed by atoms with Gasteiger partial charge in [-0.1, -0.05) is 6.08 Å². The third kappa shape index (κ3) is 2.42. The van der Waals surface area contributed by atoms with Crippen molar-refractivity contribution in [2.45, 2.75) is 6.92 Å². The Kier molecular flexibility index (Phi) is 4.51. The summed E-state index contributed by atoms with van der Waals surface area (Å²) in [5.74, 6) is -0.400. The summed E-state index contributed by atoms with van der Waals surface area (Å²) in [4.78, 5) is 1.84. The third-order valence-corrected chi connectivity index (χ3v) is 3.03. The number of anilines is 1. The number of nitrogens with zero attached hydrogens (tertiary/aromatic N) is 2. The van der Waals surface area contributed by atoms with Crippen LogP contribution in [0.3, 0.4) is 0 Å². The lowest BCUT2D eigenvalue weighted by atomic mass is 10.2. The minimum absolute atomic E-state index is 0.218. The van der Waals surface area contributed by atoms with Gasteiger partial charge in [-0.15, -0.1) is 6.58 Å². The largest absolute Gasteiger partial charge is 0.366 e. The van der Waals surface area contributed by atoms with E-state index in [2.05, 4.69) is 22.5 Å². The van der Waals surface area contributed by atoms with Crippen LogP contribution in [0.15, 0.2) is 29.3 Å². The van der Waals surface area contributed by atoms with E-state index >= 15 is 0 Å². The van der Waals surface area contributed by atoms with Crippen LogP contribution in [0.25, 0.3) is 0 Å². The number of halogens is 2. The summed E-state index contributed by atoms with van der Waals surface area (Å²) >= 11 is 3.09. The Balaban J connectivity index is 3.20. The zero-order chi connectivity index (χ0) is 12.1. The molecular weight excluding hydrogens is 271 g/mol. The second kappa shape index (κ2) is 5.66. The van der Waals surface area contributed by atoms with Crippen LogP contribution in [0.5, 0.6) is 0 Å². The van der Waals surface area contributed by atoms with Crippen LogP contribution in [-0.4, -0.2) is 13.1 Å². The average Bonchev–Trinajstić information content (AvgIpc) is 2.30. The van der Waals surface area contributed by atoms with E-state index in [4.69, 9.17) is 5.26 Å². The summed E-state index contributed by atoms with van der Waals surface area (Å²) in [6, 6.07) is 5.15. The SMILES string of the molecule is C=CCN(CC)c1ccc(C#N)c(Br)c1F. The summed E-state index contributed by atoms with van der Waals surface area (Å²) in [7, 11) is 0. The molecule has 0 bridgehead atoms. The molecule has 1 rings (SSSR count). The van der Waals surface area contributed by atoms with Gasteiger partial charge in [-0.2, -0.15) is 5.26 Å². The molecule has 0 aliphatic rings. The van der Waals surface area contributed by atoms with Crippen LogP contribution in [-0.2, 0) is 0 Å². The molecule has 0 aliphatic carbocycles. The van der Waals surface area contributed by atoms with Gasteiger partial charge >= 0.3 is 0 Å². The van der Waals surface area contributed by atoms with E-state index in [0.29, 0.717) is 24.3 Å². The molecule has 0 unspecified atom stereocenters. The Morgan fingerprint density at radius 3 is 2.81 bits per heavy atom. The predicted molar refractivity (Wildman–Crippen MR) is 66.9 cm³/mol. The first kappa shape index (κ1) is 12.7. The van der Waals surface area contributed by atoms with Crippen LogP contribution in [0.1, 0.15) is 12.5 Å². The number of nitriles is 1. The predicted octanol–water partition coefficient (Wildman–Crippen LogP) is 3.47. The number of likely N-dealkylation sites (N-methyl/N-ethyl adjacent to an activating group) is 1. The van der Waals surface area contributed by atoms with Crippen LogP contribution in [0.4, 0.5) is 10.1 Å². The van der Waals surface area contributed by atoms with Gasteiger partial charge in [-0.25, -0.2) is 4.39 Å². The molecule has 84 valence electrons. The molecule has 0 aliphatic heterocycles. The Bertz CT molecular complexity index is 437. The highest BCUT2D eigenvalue weighted by atomic mass is 79.9. The zero-order valence-corrected chi connectivity index (χ0v) is 10.6. The minimum atomic E-state index is -0.400. The average molecular weight is 283 g/mol. The van der Waals surface area contributed by atoms with Crippen molar-refractivity contribution >= 4 is 21.6 Å². The molecule has 1 aromatic rings. The van der Waals surface area contributed by atoms with Gasteiger partial charge in [0, 0.05) is 13.1 Å². The maximum atomic E-state index is 13.9. The lowest BCUT2D eigenvalue weighted by molar-refractivity contribution is 0.614. The molecule has 2 nitrogen and oxygen atoms in total. The first-order valence-corrected chi connectivity index (χ1v) is 5.68. The number of hydrogen-bond acceptors (Lipinski definition) is 2. The number of rotatable bonds is 4. The molecule has 0 radical (unpaired) electrons. The van der Waals surface area contributed by atoms with Crippen LogP contribution in [0.2, 0.25) is 0 Å². The molecule has 0 spiro atoms. The molecule has 4 heteroatoms. The highest BCUT2D eigenvalue weighted by Gasteiger charge is 2.14. The molecule has 0 amide bonds. The van der Waals surface area contributed by atoms with Crippen molar-refractivity contribution in [3.05, 3.63) is 40.6 Å². The smallest absolute Gasteiger partial charge is 0.161 e. The zero-order valence-electron chi connectivity index (χ0n) is 9.00. The molecule has 0 atom stereocenters. The van der Waals surface area contributed by atoms with Crippen molar-refractivity contribution in [1.29, 1.82) is 5.26 Å². The topological polar surface area (TPSA) is 27.0 Å². The van der Waals surface area contributed by atoms with E-state index in [9.17, 15) is 4.39 Å². The van der Waals surface area contributed by atoms with E-state index in [0.717, 1.165) is 0 Å². The second-order valence-corrected chi connectivity index (χ2v) is 3.99. The first-order chi connectivity index (χ1) is 7.65. The van der Waals surface area contributed by atoms with Crippen LogP contribution in [0, 0.1) is 17.1 Å². The lowest BCUT2D eigenvalue weighted by Crippen LogP contribution is -2.23. The van der Waals surface area contributed by atoms with Gasteiger partial charge in [0.05, 0.1) is 15.7 Å². The number of hydrogen-bond donors (Lipinski definition) is 0. The Morgan fingerprint density at radius 2 is 2.31 bits per heavy atom. The molecule has 0 fully saturated rings. The van der Waals surface area contributed by atoms with E-state index in [1.165, 1.54) is 0 Å². The van der Waals surface area contributed by atoms with Gasteiger partial charge in [0.1, 0.15) is 6.07 Å². The molecule has 16 heavy (non-hydrogen) atoms. The van der Waals surface area contributed by atoms with E-state index in [1.807, 2.05) is 17.9 Å². The quantitative estimate of drug-likeness (QED) is 0.791. The molecule has 0 N–H and O–H groups in total. The summed E-state index contributed by atoms with van der Waals surface area (Å²) in [5.41, 5.74) is 0.782. The highest BCUT2D eigenvalue weighted by Crippen LogP contribution is 2.28. The molecule has 0 saturated carbocycles. The molecule has 0 aromatic heterocycles. The Morgan fingerprint density at radius 1 is 1.62 bits per heavy atom. The molecular formula is C12H12BrFN2. The van der Waals surface area contributed by atoms with Gasteiger partial charge in [-0.3, -0.25) is 0 Å². The highest BCUT2D eigenvalue weighted by molar-refractivity contribution is 9.10. The normalized spacial score (nSPS) is 9.62. The van der Waals surface area contributed by atoms with E-state index in [1.54, 1.807) is 18.2 Å². The van der Waals surface area contributed by atoms with Crippen molar-refractivity contribution in [2.75, 3.05) is 18.0 Å². The standard InChI is InChI=1S/C12H12BrFN2/c1-3-7-16(4-2)10-6-5-9(8-15)11(13)12(10)14/h3,5-6H,1,4,7H2,2H3. The number of benzene rings is 1. The third-order valence-electron chi connectivity index (χ3n) is 2.25. The minimum Gasteiger partial charge on any atom is -0.366 e. The molecule has 0 saturated heterocycles. The van der Waals surface area contributed by atoms with Crippen molar-refractivity contribution in [3.63, 3.8) is 0 Å². The summed E-state index contributed by atoms with van der Waals surface area (Å²) < 4.78 is 14.2. The van der Waals surface area contributed by atoms with Gasteiger partial charge in [0.2, 0.25) is 0 Å². The maximum absolute atomic E-state index is 13.9. The van der Waals surface area contributed by atoms with Gasteiger partial charge in [0.15, 0.2) is 5.82 Å². The maximum Gasteiger partial charge on any atom is 0.161 e. The van der Waals surface area contributed by atoms with Crippen LogP contribution >= 0.6 is 15.9 Å². The second-order valence-electron chi connectivity index (χ2n) is 3.20.